The molecule has 0 saturated carbocycles. The summed E-state index contributed by atoms with van der Waals surface area (Å²) in [6.07, 6.45) is 0.590. The first-order valence-corrected chi connectivity index (χ1v) is 10.3. The number of anilines is 3. The normalized spacial score (nSPS) is 15.7. The van der Waals surface area contributed by atoms with E-state index < -0.39 is 12.5 Å². The molecule has 0 saturated heterocycles. The zero-order valence-corrected chi connectivity index (χ0v) is 17.4. The van der Waals surface area contributed by atoms with Gasteiger partial charge >= 0.3 is 6.09 Å². The Morgan fingerprint density at radius 3 is 2.63 bits per heavy atom. The van der Waals surface area contributed by atoms with Crippen molar-refractivity contribution in [2.24, 2.45) is 5.92 Å². The highest BCUT2D eigenvalue weighted by Gasteiger charge is 2.22. The molecule has 1 unspecified atom stereocenters. The van der Waals surface area contributed by atoms with E-state index in [1.807, 2.05) is 12.1 Å². The fourth-order valence-electron chi connectivity index (χ4n) is 3.59. The second kappa shape index (κ2) is 9.78. The molecule has 0 fully saturated rings. The predicted octanol–water partition coefficient (Wildman–Crippen LogP) is 6.29. The van der Waals surface area contributed by atoms with Crippen LogP contribution in [0.15, 0.2) is 36.4 Å². The van der Waals surface area contributed by atoms with Crippen molar-refractivity contribution in [2.45, 2.75) is 52.0 Å². The number of amides is 1. The van der Waals surface area contributed by atoms with Gasteiger partial charge in [0.15, 0.2) is 0 Å². The smallest absolute Gasteiger partial charge is 0.411 e. The molecule has 1 aliphatic rings. The third kappa shape index (κ3) is 5.62. The molecule has 162 valence electrons. The molecule has 3 rings (SSSR count). The summed E-state index contributed by atoms with van der Waals surface area (Å²) in [5, 5.41) is 6.15. The van der Waals surface area contributed by atoms with Gasteiger partial charge in [-0.25, -0.2) is 13.6 Å². The van der Waals surface area contributed by atoms with Crippen LogP contribution < -0.4 is 16.4 Å². The minimum Gasteiger partial charge on any atom is -0.449 e. The number of carbonyl (C=O) groups is 1. The molecule has 1 amide bonds. The number of nitrogens with one attached hydrogen (secondary N) is 2. The Labute approximate surface area is 176 Å². The van der Waals surface area contributed by atoms with Crippen molar-refractivity contribution < 1.29 is 18.3 Å². The summed E-state index contributed by atoms with van der Waals surface area (Å²) in [6.45, 7) is 4.51. The second-order valence-electron chi connectivity index (χ2n) is 8.09. The monoisotopic (exact) mass is 417 g/mol. The van der Waals surface area contributed by atoms with Crippen molar-refractivity contribution in [1.82, 2.24) is 0 Å². The Bertz CT molecular complexity index is 869. The van der Waals surface area contributed by atoms with E-state index in [0.717, 1.165) is 42.5 Å². The van der Waals surface area contributed by atoms with Gasteiger partial charge < -0.3 is 15.8 Å². The lowest BCUT2D eigenvalue weighted by Gasteiger charge is -2.28. The lowest BCUT2D eigenvalue weighted by Crippen LogP contribution is -2.20. The summed E-state index contributed by atoms with van der Waals surface area (Å²) in [4.78, 5) is 12.0. The maximum Gasteiger partial charge on any atom is 0.411 e. The average Bonchev–Trinajstić information content (AvgIpc) is 2.69. The van der Waals surface area contributed by atoms with E-state index in [-0.39, 0.29) is 11.6 Å². The Hall–Kier alpha value is -2.83. The Balaban J connectivity index is 1.70. The number of aryl methyl sites for hydroxylation is 1. The van der Waals surface area contributed by atoms with Crippen LogP contribution in [0.5, 0.6) is 0 Å². The zero-order valence-electron chi connectivity index (χ0n) is 17.4. The predicted molar refractivity (Wildman–Crippen MR) is 116 cm³/mol. The largest absolute Gasteiger partial charge is 0.449 e. The third-order valence-corrected chi connectivity index (χ3v) is 5.29. The van der Waals surface area contributed by atoms with Gasteiger partial charge in [0.05, 0.1) is 24.0 Å². The molecule has 0 heterocycles. The highest BCUT2D eigenvalue weighted by atomic mass is 19.3. The Kier molecular flexibility index (Phi) is 7.13. The average molecular weight is 418 g/mol. The van der Waals surface area contributed by atoms with Crippen LogP contribution in [-0.2, 0) is 11.2 Å². The van der Waals surface area contributed by atoms with E-state index in [4.69, 9.17) is 10.5 Å². The molecule has 2 aromatic rings. The Morgan fingerprint density at radius 2 is 1.97 bits per heavy atom. The molecule has 7 heteroatoms. The number of hydrogen-bond acceptors (Lipinski definition) is 4. The molecule has 1 aliphatic carbocycles. The number of halogens is 2. The molecule has 0 radical (unpaired) electrons. The van der Waals surface area contributed by atoms with Gasteiger partial charge in [0, 0.05) is 11.3 Å². The molecular weight excluding hydrogens is 388 g/mol. The van der Waals surface area contributed by atoms with Gasteiger partial charge in [-0.3, -0.25) is 5.32 Å². The zero-order chi connectivity index (χ0) is 21.7. The van der Waals surface area contributed by atoms with Crippen LogP contribution in [0.2, 0.25) is 0 Å². The number of nitrogen functional groups attached to an aromatic ring is 1. The molecule has 0 aromatic heterocycles. The van der Waals surface area contributed by atoms with E-state index in [1.54, 1.807) is 12.1 Å². The van der Waals surface area contributed by atoms with Crippen LogP contribution in [0.3, 0.4) is 0 Å². The summed E-state index contributed by atoms with van der Waals surface area (Å²) in [5.74, 6) is 0.461. The lowest BCUT2D eigenvalue weighted by atomic mass is 9.86. The van der Waals surface area contributed by atoms with Crippen molar-refractivity contribution >= 4 is 23.2 Å². The summed E-state index contributed by atoms with van der Waals surface area (Å²) < 4.78 is 30.7. The summed E-state index contributed by atoms with van der Waals surface area (Å²) in [6, 6.07) is 10.0. The van der Waals surface area contributed by atoms with Crippen molar-refractivity contribution in [3.8, 4) is 0 Å². The van der Waals surface area contributed by atoms with E-state index in [0.29, 0.717) is 23.9 Å². The standard InChI is InChI=1S/C23H29F2N3O2/c1-14(2)10-11-30-23(29)28-21-12-16-4-3-5-20(18(16)13-19(21)26)27-17-8-6-15(7-9-17)22(24)25/h6-9,12-14,20,22,27H,3-5,10-11,26H2,1-2H3,(H,28,29). The van der Waals surface area contributed by atoms with Gasteiger partial charge in [-0.05, 0) is 67.0 Å². The van der Waals surface area contributed by atoms with Crippen molar-refractivity contribution in [3.05, 3.63) is 53.1 Å². The first kappa shape index (κ1) is 21.9. The number of carbonyl (C=O) groups excluding carboxylic acids is 1. The molecule has 0 spiro atoms. The molecule has 0 bridgehead atoms. The van der Waals surface area contributed by atoms with Gasteiger partial charge in [0.1, 0.15) is 0 Å². The molecule has 1 atom stereocenters. The van der Waals surface area contributed by atoms with Gasteiger partial charge in [-0.15, -0.1) is 0 Å². The third-order valence-electron chi connectivity index (χ3n) is 5.29. The molecule has 0 aliphatic heterocycles. The first-order valence-electron chi connectivity index (χ1n) is 10.3. The van der Waals surface area contributed by atoms with Crippen LogP contribution in [0, 0.1) is 5.92 Å². The van der Waals surface area contributed by atoms with Crippen molar-refractivity contribution in [2.75, 3.05) is 23.0 Å². The SMILES string of the molecule is CC(C)CCOC(=O)Nc1cc2c(cc1N)C(Nc1ccc(C(F)F)cc1)CCC2. The topological polar surface area (TPSA) is 76.4 Å². The molecular formula is C23H29F2N3O2. The maximum atomic E-state index is 12.8. The highest BCUT2D eigenvalue weighted by Crippen LogP contribution is 2.37. The van der Waals surface area contributed by atoms with E-state index in [1.165, 1.54) is 12.1 Å². The highest BCUT2D eigenvalue weighted by molar-refractivity contribution is 5.89. The minimum atomic E-state index is -2.47. The molecule has 5 nitrogen and oxygen atoms in total. The van der Waals surface area contributed by atoms with Gasteiger partial charge in [0.25, 0.3) is 6.43 Å². The summed E-state index contributed by atoms with van der Waals surface area (Å²) in [5.41, 5.74) is 10.2. The van der Waals surface area contributed by atoms with Gasteiger partial charge in [-0.1, -0.05) is 26.0 Å². The Morgan fingerprint density at radius 1 is 1.23 bits per heavy atom. The van der Waals surface area contributed by atoms with E-state index in [2.05, 4.69) is 24.5 Å². The van der Waals surface area contributed by atoms with Crippen LogP contribution in [0.1, 0.15) is 62.3 Å². The summed E-state index contributed by atoms with van der Waals surface area (Å²) in [7, 11) is 0. The molecule has 2 aromatic carbocycles. The second-order valence-corrected chi connectivity index (χ2v) is 8.09. The number of benzene rings is 2. The number of hydrogen-bond donors (Lipinski definition) is 3. The van der Waals surface area contributed by atoms with Crippen LogP contribution in [0.4, 0.5) is 30.6 Å². The number of alkyl halides is 2. The van der Waals surface area contributed by atoms with Gasteiger partial charge in [-0.2, -0.15) is 0 Å². The van der Waals surface area contributed by atoms with Crippen LogP contribution in [0.25, 0.3) is 0 Å². The number of rotatable bonds is 7. The van der Waals surface area contributed by atoms with Crippen LogP contribution in [-0.4, -0.2) is 12.7 Å². The quantitative estimate of drug-likeness (QED) is 0.463. The fraction of sp³-hybridized carbons (Fsp3) is 0.435. The lowest BCUT2D eigenvalue weighted by molar-refractivity contribution is 0.151. The van der Waals surface area contributed by atoms with Crippen molar-refractivity contribution in [1.29, 1.82) is 0 Å². The maximum absolute atomic E-state index is 12.8. The number of ether oxygens (including phenoxy) is 1. The van der Waals surface area contributed by atoms with Crippen molar-refractivity contribution in [3.63, 3.8) is 0 Å². The summed E-state index contributed by atoms with van der Waals surface area (Å²) >= 11 is 0. The van der Waals surface area contributed by atoms with E-state index >= 15 is 0 Å². The van der Waals surface area contributed by atoms with Crippen LogP contribution >= 0.6 is 0 Å². The fourth-order valence-corrected chi connectivity index (χ4v) is 3.59. The number of fused-ring (bicyclic) bond motifs is 1. The molecule has 30 heavy (non-hydrogen) atoms. The minimum absolute atomic E-state index is 0.00448. The first-order chi connectivity index (χ1) is 14.3. The van der Waals surface area contributed by atoms with Gasteiger partial charge in [0.2, 0.25) is 0 Å². The van der Waals surface area contributed by atoms with E-state index in [9.17, 15) is 13.6 Å². The number of nitrogens with two attached hydrogens (primary N) is 1. The molecule has 4 N–H and O–H groups in total.